The molecule has 0 aromatic rings. The number of hydrogen-bond acceptors (Lipinski definition) is 3. The number of nitrogens with zero attached hydrogens (tertiary/aromatic N) is 1. The summed E-state index contributed by atoms with van der Waals surface area (Å²) < 4.78 is 4.85. The average Bonchev–Trinajstić information content (AvgIpc) is 1.97. The first-order chi connectivity index (χ1) is 5.18. The summed E-state index contributed by atoms with van der Waals surface area (Å²) in [6.07, 6.45) is 0.231. The Morgan fingerprint density at radius 1 is 1.82 bits per heavy atom. The first kappa shape index (κ1) is 9.92. The third-order valence-electron chi connectivity index (χ3n) is 1.15. The number of rotatable bonds is 5. The monoisotopic (exact) mass is 157 g/mol. The zero-order chi connectivity index (χ0) is 8.69. The summed E-state index contributed by atoms with van der Waals surface area (Å²) in [6.45, 7) is 1.80. The van der Waals surface area contributed by atoms with Crippen LogP contribution in [0.25, 0.3) is 0 Å². The Kier molecular flexibility index (Phi) is 5.13. The Morgan fingerprint density at radius 2 is 2.45 bits per heavy atom. The molecule has 0 rings (SSSR count). The standard InChI is InChI=1S/C7H11NO3/c1-6(7(9)10)11-5-3-2-4-8/h6H,2-3,5H2,1H3,(H,9,10)/t6-/m0/s1. The number of aliphatic carboxylic acids is 1. The molecule has 0 aromatic carbocycles. The molecule has 0 radical (unpaired) electrons. The van der Waals surface area contributed by atoms with Gasteiger partial charge in [0.05, 0.1) is 6.07 Å². The van der Waals surface area contributed by atoms with E-state index < -0.39 is 12.1 Å². The lowest BCUT2D eigenvalue weighted by atomic mass is 10.3. The lowest BCUT2D eigenvalue weighted by Crippen LogP contribution is -2.20. The Hall–Kier alpha value is -1.08. The maximum atomic E-state index is 10.2. The fourth-order valence-electron chi connectivity index (χ4n) is 0.483. The topological polar surface area (TPSA) is 70.3 Å². The lowest BCUT2D eigenvalue weighted by Gasteiger charge is -2.05. The Balaban J connectivity index is 3.26. The normalized spacial score (nSPS) is 12.0. The van der Waals surface area contributed by atoms with Crippen molar-refractivity contribution in [3.8, 4) is 6.07 Å². The van der Waals surface area contributed by atoms with Crippen LogP contribution in [-0.4, -0.2) is 23.8 Å². The van der Waals surface area contributed by atoms with Gasteiger partial charge in [0.1, 0.15) is 0 Å². The first-order valence-corrected chi connectivity index (χ1v) is 3.40. The number of unbranched alkanes of at least 4 members (excludes halogenated alkanes) is 1. The van der Waals surface area contributed by atoms with Crippen molar-refractivity contribution in [3.63, 3.8) is 0 Å². The number of hydrogen-bond donors (Lipinski definition) is 1. The van der Waals surface area contributed by atoms with Crippen LogP contribution >= 0.6 is 0 Å². The minimum atomic E-state index is -0.970. The molecule has 4 heteroatoms. The fourth-order valence-corrected chi connectivity index (χ4v) is 0.483. The number of ether oxygens (including phenoxy) is 1. The van der Waals surface area contributed by atoms with Crippen LogP contribution in [0.4, 0.5) is 0 Å². The molecule has 0 saturated heterocycles. The van der Waals surface area contributed by atoms with E-state index in [1.54, 1.807) is 0 Å². The quantitative estimate of drug-likeness (QED) is 0.598. The van der Waals surface area contributed by atoms with E-state index in [1.807, 2.05) is 6.07 Å². The van der Waals surface area contributed by atoms with Gasteiger partial charge < -0.3 is 9.84 Å². The second kappa shape index (κ2) is 5.69. The highest BCUT2D eigenvalue weighted by Gasteiger charge is 2.09. The van der Waals surface area contributed by atoms with E-state index in [9.17, 15) is 4.79 Å². The van der Waals surface area contributed by atoms with Crippen molar-refractivity contribution in [2.75, 3.05) is 6.61 Å². The summed E-state index contributed by atoms with van der Waals surface area (Å²) in [6, 6.07) is 1.94. The molecule has 62 valence electrons. The zero-order valence-electron chi connectivity index (χ0n) is 6.41. The molecule has 11 heavy (non-hydrogen) atoms. The van der Waals surface area contributed by atoms with Gasteiger partial charge in [-0.25, -0.2) is 4.79 Å². The molecule has 0 amide bonds. The molecular formula is C7H11NO3. The highest BCUT2D eigenvalue weighted by molar-refractivity contribution is 5.71. The molecule has 0 bridgehead atoms. The van der Waals surface area contributed by atoms with E-state index in [1.165, 1.54) is 6.92 Å². The molecule has 0 saturated carbocycles. The van der Waals surface area contributed by atoms with Gasteiger partial charge in [0.25, 0.3) is 0 Å². The molecule has 0 aliphatic carbocycles. The minimum absolute atomic E-state index is 0.334. The maximum Gasteiger partial charge on any atom is 0.332 e. The molecule has 1 N–H and O–H groups in total. The van der Waals surface area contributed by atoms with Crippen molar-refractivity contribution >= 4 is 5.97 Å². The third-order valence-corrected chi connectivity index (χ3v) is 1.15. The molecule has 0 heterocycles. The molecule has 0 fully saturated rings. The second-order valence-corrected chi connectivity index (χ2v) is 2.11. The summed E-state index contributed by atoms with van der Waals surface area (Å²) in [7, 11) is 0. The van der Waals surface area contributed by atoms with Gasteiger partial charge in [-0.3, -0.25) is 0 Å². The average molecular weight is 157 g/mol. The van der Waals surface area contributed by atoms with Crippen LogP contribution in [0.1, 0.15) is 19.8 Å². The largest absolute Gasteiger partial charge is 0.479 e. The van der Waals surface area contributed by atoms with Crippen molar-refractivity contribution in [2.24, 2.45) is 0 Å². The van der Waals surface area contributed by atoms with Gasteiger partial charge in [0.15, 0.2) is 6.10 Å². The number of carbonyl (C=O) groups is 1. The van der Waals surface area contributed by atoms with Crippen LogP contribution in [0.2, 0.25) is 0 Å². The van der Waals surface area contributed by atoms with Gasteiger partial charge in [0, 0.05) is 13.0 Å². The molecule has 0 spiro atoms. The van der Waals surface area contributed by atoms with E-state index in [0.717, 1.165) is 0 Å². The highest BCUT2D eigenvalue weighted by Crippen LogP contribution is 1.94. The van der Waals surface area contributed by atoms with E-state index in [4.69, 9.17) is 15.1 Å². The van der Waals surface area contributed by atoms with E-state index in [0.29, 0.717) is 19.4 Å². The molecule has 0 aliphatic heterocycles. The minimum Gasteiger partial charge on any atom is -0.479 e. The maximum absolute atomic E-state index is 10.2. The SMILES string of the molecule is C[C@H](OCCCC#N)C(=O)O. The summed E-state index contributed by atoms with van der Waals surface area (Å²) in [5.41, 5.74) is 0. The number of carboxylic acid groups (broad SMARTS) is 1. The third kappa shape index (κ3) is 5.37. The molecule has 4 nitrogen and oxygen atoms in total. The summed E-state index contributed by atoms with van der Waals surface area (Å²) in [5.74, 6) is -0.970. The van der Waals surface area contributed by atoms with Crippen molar-refractivity contribution in [1.29, 1.82) is 5.26 Å². The summed E-state index contributed by atoms with van der Waals surface area (Å²) in [5, 5.41) is 16.5. The predicted molar refractivity (Wildman–Crippen MR) is 37.9 cm³/mol. The van der Waals surface area contributed by atoms with Crippen LogP contribution in [0, 0.1) is 11.3 Å². The number of carboxylic acids is 1. The molecular weight excluding hydrogens is 146 g/mol. The lowest BCUT2D eigenvalue weighted by molar-refractivity contribution is -0.149. The van der Waals surface area contributed by atoms with E-state index in [2.05, 4.69) is 0 Å². The summed E-state index contributed by atoms with van der Waals surface area (Å²) in [4.78, 5) is 10.2. The molecule has 0 aliphatic rings. The van der Waals surface area contributed by atoms with Crippen molar-refractivity contribution in [1.82, 2.24) is 0 Å². The van der Waals surface area contributed by atoms with Crippen molar-refractivity contribution < 1.29 is 14.6 Å². The Morgan fingerprint density at radius 3 is 2.91 bits per heavy atom. The fraction of sp³-hybridized carbons (Fsp3) is 0.714. The molecule has 1 atom stereocenters. The first-order valence-electron chi connectivity index (χ1n) is 3.40. The zero-order valence-corrected chi connectivity index (χ0v) is 6.41. The van der Waals surface area contributed by atoms with Crippen LogP contribution in [0.5, 0.6) is 0 Å². The van der Waals surface area contributed by atoms with Gasteiger partial charge in [-0.1, -0.05) is 0 Å². The van der Waals surface area contributed by atoms with Gasteiger partial charge in [-0.05, 0) is 13.3 Å². The van der Waals surface area contributed by atoms with Gasteiger partial charge in [0.2, 0.25) is 0 Å². The van der Waals surface area contributed by atoms with Crippen LogP contribution < -0.4 is 0 Å². The van der Waals surface area contributed by atoms with Gasteiger partial charge >= 0.3 is 5.97 Å². The highest BCUT2D eigenvalue weighted by atomic mass is 16.5. The second-order valence-electron chi connectivity index (χ2n) is 2.11. The number of nitriles is 1. The Bertz CT molecular complexity index is 162. The van der Waals surface area contributed by atoms with Gasteiger partial charge in [-0.15, -0.1) is 0 Å². The van der Waals surface area contributed by atoms with Crippen LogP contribution in [0.3, 0.4) is 0 Å². The van der Waals surface area contributed by atoms with Crippen molar-refractivity contribution in [3.05, 3.63) is 0 Å². The smallest absolute Gasteiger partial charge is 0.332 e. The molecule has 0 aromatic heterocycles. The van der Waals surface area contributed by atoms with Crippen LogP contribution in [0.15, 0.2) is 0 Å². The van der Waals surface area contributed by atoms with Crippen molar-refractivity contribution in [2.45, 2.75) is 25.9 Å². The van der Waals surface area contributed by atoms with Gasteiger partial charge in [-0.2, -0.15) is 5.26 Å². The van der Waals surface area contributed by atoms with E-state index in [-0.39, 0.29) is 0 Å². The van der Waals surface area contributed by atoms with Crippen LogP contribution in [-0.2, 0) is 9.53 Å². The molecule has 0 unspecified atom stereocenters. The predicted octanol–water partition coefficient (Wildman–Crippen LogP) is 0.780. The van der Waals surface area contributed by atoms with E-state index >= 15 is 0 Å². The Labute approximate surface area is 65.4 Å². The summed E-state index contributed by atoms with van der Waals surface area (Å²) >= 11 is 0.